The van der Waals surface area contributed by atoms with Crippen LogP contribution in [-0.2, 0) is 11.3 Å². The van der Waals surface area contributed by atoms with Gasteiger partial charge in [0.2, 0.25) is 0 Å². The number of carbonyl (C=O) groups is 1. The highest BCUT2D eigenvalue weighted by molar-refractivity contribution is 6.30. The summed E-state index contributed by atoms with van der Waals surface area (Å²) in [6.45, 7) is -0.00170. The molecule has 5 rings (SSSR count). The zero-order valence-corrected chi connectivity index (χ0v) is 18.6. The molecule has 172 valence electrons. The molecule has 1 unspecified atom stereocenters. The van der Waals surface area contributed by atoms with E-state index >= 15 is 0 Å². The maximum Gasteiger partial charge on any atom is 0.268 e. The molecule has 0 bridgehead atoms. The van der Waals surface area contributed by atoms with E-state index in [-0.39, 0.29) is 23.5 Å². The van der Waals surface area contributed by atoms with E-state index in [1.54, 1.807) is 53.1 Å². The first kappa shape index (κ1) is 22.2. The van der Waals surface area contributed by atoms with Crippen LogP contribution in [0.2, 0.25) is 5.02 Å². The van der Waals surface area contributed by atoms with Gasteiger partial charge in [0.1, 0.15) is 11.9 Å². The van der Waals surface area contributed by atoms with Crippen LogP contribution in [0, 0.1) is 22.5 Å². The first-order chi connectivity index (χ1) is 16.5. The van der Waals surface area contributed by atoms with Gasteiger partial charge in [0.25, 0.3) is 5.91 Å². The summed E-state index contributed by atoms with van der Waals surface area (Å²) >= 11 is 6.04. The molecule has 6 nitrogen and oxygen atoms in total. The van der Waals surface area contributed by atoms with Gasteiger partial charge in [-0.05, 0) is 48.6 Å². The van der Waals surface area contributed by atoms with Crippen LogP contribution in [0.5, 0.6) is 0 Å². The monoisotopic (exact) mass is 480 g/mol. The lowest BCUT2D eigenvalue weighted by Gasteiger charge is -2.24. The molecule has 1 amide bonds. The molecule has 1 heterocycles. The first-order valence-corrected chi connectivity index (χ1v) is 11.2. The lowest BCUT2D eigenvalue weighted by atomic mass is 10.1. The Balaban J connectivity index is 1.65. The standard InChI is InChI=1S/C25H19ClF2N4O2/c26-18-10-8-17(9-11-18)24-29-21-12-19(27)20(28)13-22(21)32(24)23(16-6-7-16)25(33)31(30-34)14-15-4-2-1-3-5-15/h1-5,8-13,16,23H,6-7,14H2. The van der Waals surface area contributed by atoms with Gasteiger partial charge in [-0.15, -0.1) is 4.91 Å². The highest BCUT2D eigenvalue weighted by atomic mass is 35.5. The van der Waals surface area contributed by atoms with Crippen LogP contribution in [0.4, 0.5) is 8.78 Å². The van der Waals surface area contributed by atoms with Crippen molar-refractivity contribution < 1.29 is 13.6 Å². The van der Waals surface area contributed by atoms with Gasteiger partial charge in [-0.2, -0.15) is 5.01 Å². The molecule has 1 aromatic heterocycles. The average Bonchev–Trinajstić information content (AvgIpc) is 3.62. The molecule has 9 heteroatoms. The van der Waals surface area contributed by atoms with E-state index in [4.69, 9.17) is 11.6 Å². The fourth-order valence-electron chi connectivity index (χ4n) is 4.17. The van der Waals surface area contributed by atoms with Crippen molar-refractivity contribution >= 4 is 28.5 Å². The van der Waals surface area contributed by atoms with Gasteiger partial charge in [0.05, 0.1) is 22.9 Å². The van der Waals surface area contributed by atoms with E-state index in [1.165, 1.54) is 0 Å². The number of hydrogen-bond acceptors (Lipinski definition) is 4. The fraction of sp³-hybridized carbons (Fsp3) is 0.200. The highest BCUT2D eigenvalue weighted by Crippen LogP contribution is 2.44. The van der Waals surface area contributed by atoms with E-state index in [0.717, 1.165) is 35.5 Å². The molecule has 4 aromatic rings. The first-order valence-electron chi connectivity index (χ1n) is 10.8. The maximum atomic E-state index is 14.3. The largest absolute Gasteiger partial charge is 0.311 e. The number of imidazole rings is 1. The summed E-state index contributed by atoms with van der Waals surface area (Å²) in [4.78, 5) is 29.9. The fourth-order valence-corrected chi connectivity index (χ4v) is 4.29. The topological polar surface area (TPSA) is 67.6 Å². The zero-order valence-electron chi connectivity index (χ0n) is 17.9. The maximum absolute atomic E-state index is 14.3. The highest BCUT2D eigenvalue weighted by Gasteiger charge is 2.42. The third kappa shape index (κ3) is 4.17. The van der Waals surface area contributed by atoms with Gasteiger partial charge >= 0.3 is 0 Å². The van der Waals surface area contributed by atoms with Gasteiger partial charge in [-0.1, -0.05) is 41.9 Å². The number of aromatic nitrogens is 2. The van der Waals surface area contributed by atoms with Crippen molar-refractivity contribution in [2.24, 2.45) is 11.2 Å². The molecule has 0 spiro atoms. The summed E-state index contributed by atoms with van der Waals surface area (Å²) in [5, 5.41) is 4.39. The Morgan fingerprint density at radius 2 is 1.76 bits per heavy atom. The van der Waals surface area contributed by atoms with Crippen molar-refractivity contribution in [3.8, 4) is 11.4 Å². The van der Waals surface area contributed by atoms with Crippen molar-refractivity contribution in [2.45, 2.75) is 25.4 Å². The quantitative estimate of drug-likeness (QED) is 0.230. The van der Waals surface area contributed by atoms with Crippen molar-refractivity contribution in [3.63, 3.8) is 0 Å². The number of amides is 1. The van der Waals surface area contributed by atoms with E-state index in [9.17, 15) is 18.5 Å². The predicted octanol–water partition coefficient (Wildman–Crippen LogP) is 6.30. The van der Waals surface area contributed by atoms with Crippen LogP contribution >= 0.6 is 11.6 Å². The lowest BCUT2D eigenvalue weighted by molar-refractivity contribution is -0.136. The van der Waals surface area contributed by atoms with Crippen LogP contribution in [-0.4, -0.2) is 20.5 Å². The molecule has 3 aromatic carbocycles. The Hall–Kier alpha value is -3.65. The van der Waals surface area contributed by atoms with Crippen molar-refractivity contribution in [2.75, 3.05) is 0 Å². The van der Waals surface area contributed by atoms with Gasteiger partial charge < -0.3 is 4.57 Å². The molecule has 0 radical (unpaired) electrons. The molecule has 34 heavy (non-hydrogen) atoms. The molecule has 1 aliphatic carbocycles. The summed E-state index contributed by atoms with van der Waals surface area (Å²) in [7, 11) is 0. The number of fused-ring (bicyclic) bond motifs is 1. The van der Waals surface area contributed by atoms with E-state index in [1.807, 2.05) is 6.07 Å². The number of nitrogens with zero attached hydrogens (tertiary/aromatic N) is 4. The number of carbonyl (C=O) groups excluding carboxylic acids is 1. The minimum atomic E-state index is -1.05. The van der Waals surface area contributed by atoms with Gasteiger partial charge in [0, 0.05) is 22.7 Å². The van der Waals surface area contributed by atoms with Crippen LogP contribution in [0.15, 0.2) is 72.0 Å². The molecule has 0 saturated heterocycles. The summed E-state index contributed by atoms with van der Waals surface area (Å²) in [6, 6.07) is 17.0. The third-order valence-corrected chi connectivity index (χ3v) is 6.21. The lowest BCUT2D eigenvalue weighted by Crippen LogP contribution is -2.34. The summed E-state index contributed by atoms with van der Waals surface area (Å²) < 4.78 is 29.9. The van der Waals surface area contributed by atoms with Crippen LogP contribution in [0.3, 0.4) is 0 Å². The van der Waals surface area contributed by atoms with Crippen molar-refractivity contribution in [3.05, 3.63) is 93.9 Å². The summed E-state index contributed by atoms with van der Waals surface area (Å²) in [5.74, 6) is -2.35. The van der Waals surface area contributed by atoms with Crippen LogP contribution in [0.25, 0.3) is 22.4 Å². The van der Waals surface area contributed by atoms with E-state index in [0.29, 0.717) is 16.4 Å². The molecule has 0 N–H and O–H groups in total. The van der Waals surface area contributed by atoms with Gasteiger partial charge in [-0.25, -0.2) is 13.8 Å². The van der Waals surface area contributed by atoms with Gasteiger partial charge in [0.15, 0.2) is 11.6 Å². The van der Waals surface area contributed by atoms with Crippen LogP contribution < -0.4 is 0 Å². The number of hydrogen-bond donors (Lipinski definition) is 0. The Bertz CT molecular complexity index is 1370. The zero-order chi connectivity index (χ0) is 23.8. The number of halogens is 3. The predicted molar refractivity (Wildman–Crippen MR) is 125 cm³/mol. The Kier molecular flexibility index (Phi) is 5.83. The van der Waals surface area contributed by atoms with Crippen molar-refractivity contribution in [1.29, 1.82) is 0 Å². The molecule has 1 aliphatic rings. The summed E-state index contributed by atoms with van der Waals surface area (Å²) in [5.41, 5.74) is 1.83. The normalized spacial score (nSPS) is 14.2. The second-order valence-corrected chi connectivity index (χ2v) is 8.75. The molecule has 1 saturated carbocycles. The SMILES string of the molecule is O=NN(Cc1ccccc1)C(=O)C(C1CC1)n1c(-c2ccc(Cl)cc2)nc2cc(F)c(F)cc21. The van der Waals surface area contributed by atoms with Crippen LogP contribution in [0.1, 0.15) is 24.4 Å². The molecule has 1 fully saturated rings. The van der Waals surface area contributed by atoms with E-state index < -0.39 is 23.6 Å². The average molecular weight is 481 g/mol. The molecular formula is C25H19ClF2N4O2. The van der Waals surface area contributed by atoms with Gasteiger partial charge in [-0.3, -0.25) is 4.79 Å². The summed E-state index contributed by atoms with van der Waals surface area (Å²) in [6.07, 6.45) is 1.50. The second kappa shape index (κ2) is 8.95. The van der Waals surface area contributed by atoms with E-state index in [2.05, 4.69) is 10.3 Å². The second-order valence-electron chi connectivity index (χ2n) is 8.31. The van der Waals surface area contributed by atoms with Crippen molar-refractivity contribution in [1.82, 2.24) is 14.6 Å². The number of rotatable bonds is 7. The Morgan fingerprint density at radius 1 is 1.09 bits per heavy atom. The molecule has 0 aliphatic heterocycles. The third-order valence-electron chi connectivity index (χ3n) is 5.96. The Morgan fingerprint density at radius 3 is 2.41 bits per heavy atom. The molecular weight excluding hydrogens is 462 g/mol. The molecule has 1 atom stereocenters. The minimum absolute atomic E-state index is 0.00170. The Labute approximate surface area is 198 Å². The number of benzene rings is 3. The minimum Gasteiger partial charge on any atom is -0.311 e. The smallest absolute Gasteiger partial charge is 0.268 e. The number of nitroso groups, excluding NO2 is 1.